The van der Waals surface area contributed by atoms with E-state index in [2.05, 4.69) is 11.9 Å². The molecular formula is C13H24N2O3. The molecule has 0 atom stereocenters. The molecule has 0 fully saturated rings. The Morgan fingerprint density at radius 1 is 1.33 bits per heavy atom. The maximum atomic E-state index is 11.5. The van der Waals surface area contributed by atoms with Crippen molar-refractivity contribution < 1.29 is 14.3 Å². The predicted octanol–water partition coefficient (Wildman–Crippen LogP) is 1.94. The van der Waals surface area contributed by atoms with Crippen LogP contribution in [-0.2, 0) is 9.53 Å². The lowest BCUT2D eigenvalue weighted by molar-refractivity contribution is -0.126. The molecule has 2 amide bonds. The van der Waals surface area contributed by atoms with Crippen LogP contribution in [0.1, 0.15) is 34.1 Å². The van der Waals surface area contributed by atoms with Gasteiger partial charge in [0.05, 0.1) is 0 Å². The van der Waals surface area contributed by atoms with Crippen LogP contribution < -0.4 is 5.32 Å². The van der Waals surface area contributed by atoms with Crippen molar-refractivity contribution in [2.24, 2.45) is 0 Å². The summed E-state index contributed by atoms with van der Waals surface area (Å²) in [5.74, 6) is -0.122. The zero-order valence-electron chi connectivity index (χ0n) is 11.8. The van der Waals surface area contributed by atoms with Gasteiger partial charge in [0.25, 0.3) is 0 Å². The summed E-state index contributed by atoms with van der Waals surface area (Å²) < 4.78 is 5.09. The van der Waals surface area contributed by atoms with E-state index in [0.717, 1.165) is 6.42 Å². The van der Waals surface area contributed by atoms with Crippen LogP contribution in [0.15, 0.2) is 12.7 Å². The lowest BCUT2D eigenvalue weighted by Crippen LogP contribution is -2.40. The summed E-state index contributed by atoms with van der Waals surface area (Å²) >= 11 is 0. The number of ether oxygens (including phenoxy) is 1. The van der Waals surface area contributed by atoms with Crippen LogP contribution in [0.4, 0.5) is 4.79 Å². The molecule has 0 aliphatic heterocycles. The second-order valence-electron chi connectivity index (χ2n) is 4.96. The molecule has 0 saturated carbocycles. The van der Waals surface area contributed by atoms with Gasteiger partial charge in [0, 0.05) is 19.6 Å². The Morgan fingerprint density at radius 3 is 2.39 bits per heavy atom. The van der Waals surface area contributed by atoms with Crippen molar-refractivity contribution in [3.05, 3.63) is 12.7 Å². The van der Waals surface area contributed by atoms with E-state index < -0.39 is 11.7 Å². The molecular weight excluding hydrogens is 232 g/mol. The van der Waals surface area contributed by atoms with Crippen LogP contribution in [-0.4, -0.2) is 42.1 Å². The minimum atomic E-state index is -0.510. The third-order valence-corrected chi connectivity index (χ3v) is 2.03. The Labute approximate surface area is 109 Å². The van der Waals surface area contributed by atoms with Crippen molar-refractivity contribution >= 4 is 12.0 Å². The molecule has 0 aliphatic carbocycles. The molecule has 0 heterocycles. The molecule has 0 rings (SSSR count). The van der Waals surface area contributed by atoms with Gasteiger partial charge in [-0.1, -0.05) is 13.5 Å². The zero-order valence-corrected chi connectivity index (χ0v) is 11.8. The van der Waals surface area contributed by atoms with Gasteiger partial charge in [-0.2, -0.15) is 0 Å². The minimum absolute atomic E-state index is 0.122. The fraction of sp³-hybridized carbons (Fsp3) is 0.692. The second kappa shape index (κ2) is 7.74. The normalized spacial score (nSPS) is 10.7. The second-order valence-corrected chi connectivity index (χ2v) is 4.96. The first-order chi connectivity index (χ1) is 8.30. The highest BCUT2D eigenvalue weighted by Crippen LogP contribution is 2.06. The lowest BCUT2D eigenvalue weighted by atomic mass is 10.2. The van der Waals surface area contributed by atoms with Gasteiger partial charge < -0.3 is 15.0 Å². The third kappa shape index (κ3) is 7.70. The van der Waals surface area contributed by atoms with Gasteiger partial charge >= 0.3 is 6.09 Å². The van der Waals surface area contributed by atoms with Gasteiger partial charge in [0.1, 0.15) is 5.60 Å². The fourth-order valence-electron chi connectivity index (χ4n) is 1.34. The standard InChI is InChI=1S/C13H24N2O3/c1-6-9-15(11(16)7-2)10-8-14-12(17)18-13(3,4)5/h7H,2,6,8-10H2,1,3-5H3,(H,14,17). The van der Waals surface area contributed by atoms with Crippen LogP contribution in [0.5, 0.6) is 0 Å². The van der Waals surface area contributed by atoms with Crippen molar-refractivity contribution in [1.29, 1.82) is 0 Å². The summed E-state index contributed by atoms with van der Waals surface area (Å²) in [6, 6.07) is 0. The molecule has 0 radical (unpaired) electrons. The van der Waals surface area contributed by atoms with Crippen LogP contribution in [0, 0.1) is 0 Å². The Hall–Kier alpha value is -1.52. The molecule has 0 bridgehead atoms. The Balaban J connectivity index is 4.03. The SMILES string of the molecule is C=CC(=O)N(CCC)CCNC(=O)OC(C)(C)C. The van der Waals surface area contributed by atoms with E-state index in [-0.39, 0.29) is 5.91 Å². The summed E-state index contributed by atoms with van der Waals surface area (Å²) in [7, 11) is 0. The van der Waals surface area contributed by atoms with Gasteiger partial charge in [-0.05, 0) is 33.3 Å². The zero-order chi connectivity index (χ0) is 14.2. The molecule has 0 aromatic carbocycles. The molecule has 0 aromatic rings. The van der Waals surface area contributed by atoms with E-state index in [0.29, 0.717) is 19.6 Å². The minimum Gasteiger partial charge on any atom is -0.444 e. The van der Waals surface area contributed by atoms with E-state index in [1.807, 2.05) is 6.92 Å². The van der Waals surface area contributed by atoms with Gasteiger partial charge in [-0.3, -0.25) is 4.79 Å². The third-order valence-electron chi connectivity index (χ3n) is 2.03. The van der Waals surface area contributed by atoms with Gasteiger partial charge in [-0.25, -0.2) is 4.79 Å². The monoisotopic (exact) mass is 256 g/mol. The van der Waals surface area contributed by atoms with E-state index in [4.69, 9.17) is 4.74 Å². The average Bonchev–Trinajstić information content (AvgIpc) is 2.24. The summed E-state index contributed by atoms with van der Waals surface area (Å²) in [5.41, 5.74) is -0.510. The highest BCUT2D eigenvalue weighted by molar-refractivity contribution is 5.87. The highest BCUT2D eigenvalue weighted by Gasteiger charge is 2.16. The van der Waals surface area contributed by atoms with Crippen molar-refractivity contribution in [2.75, 3.05) is 19.6 Å². The van der Waals surface area contributed by atoms with Crippen molar-refractivity contribution in [3.8, 4) is 0 Å². The number of rotatable bonds is 6. The molecule has 0 saturated heterocycles. The van der Waals surface area contributed by atoms with Gasteiger partial charge in [0.2, 0.25) is 5.91 Å². The lowest BCUT2D eigenvalue weighted by Gasteiger charge is -2.22. The topological polar surface area (TPSA) is 58.6 Å². The molecule has 18 heavy (non-hydrogen) atoms. The largest absolute Gasteiger partial charge is 0.444 e. The molecule has 0 aliphatic rings. The Morgan fingerprint density at radius 2 is 1.94 bits per heavy atom. The number of carbonyl (C=O) groups excluding carboxylic acids is 2. The van der Waals surface area contributed by atoms with Crippen molar-refractivity contribution in [2.45, 2.75) is 39.7 Å². The van der Waals surface area contributed by atoms with E-state index in [9.17, 15) is 9.59 Å². The van der Waals surface area contributed by atoms with Crippen LogP contribution in [0.25, 0.3) is 0 Å². The first-order valence-corrected chi connectivity index (χ1v) is 6.18. The maximum Gasteiger partial charge on any atom is 0.407 e. The summed E-state index contributed by atoms with van der Waals surface area (Å²) in [4.78, 5) is 24.5. The number of nitrogens with one attached hydrogen (secondary N) is 1. The molecule has 5 nitrogen and oxygen atoms in total. The smallest absolute Gasteiger partial charge is 0.407 e. The van der Waals surface area contributed by atoms with Crippen molar-refractivity contribution in [3.63, 3.8) is 0 Å². The van der Waals surface area contributed by atoms with E-state index in [1.54, 1.807) is 25.7 Å². The van der Waals surface area contributed by atoms with Crippen LogP contribution in [0.3, 0.4) is 0 Å². The first-order valence-electron chi connectivity index (χ1n) is 6.18. The van der Waals surface area contributed by atoms with E-state index in [1.165, 1.54) is 6.08 Å². The molecule has 0 aromatic heterocycles. The average molecular weight is 256 g/mol. The first kappa shape index (κ1) is 16.5. The van der Waals surface area contributed by atoms with Gasteiger partial charge in [-0.15, -0.1) is 0 Å². The molecule has 104 valence electrons. The molecule has 0 spiro atoms. The molecule has 5 heteroatoms. The maximum absolute atomic E-state index is 11.5. The summed E-state index contributed by atoms with van der Waals surface area (Å²) in [6.07, 6.45) is 1.68. The Bertz CT molecular complexity index is 295. The number of nitrogens with zero attached hydrogens (tertiary/aromatic N) is 1. The number of hydrogen-bond donors (Lipinski definition) is 1. The van der Waals surface area contributed by atoms with Crippen LogP contribution in [0.2, 0.25) is 0 Å². The number of amides is 2. The predicted molar refractivity (Wildman–Crippen MR) is 71.3 cm³/mol. The number of carbonyl (C=O) groups is 2. The summed E-state index contributed by atoms with van der Waals surface area (Å²) in [6.45, 7) is 12.3. The molecule has 1 N–H and O–H groups in total. The van der Waals surface area contributed by atoms with Crippen LogP contribution >= 0.6 is 0 Å². The highest BCUT2D eigenvalue weighted by atomic mass is 16.6. The van der Waals surface area contributed by atoms with Crippen molar-refractivity contribution in [1.82, 2.24) is 10.2 Å². The fourth-order valence-corrected chi connectivity index (χ4v) is 1.34. The Kier molecular flexibility index (Phi) is 7.08. The number of hydrogen-bond acceptors (Lipinski definition) is 3. The summed E-state index contributed by atoms with van der Waals surface area (Å²) in [5, 5.41) is 2.62. The molecule has 0 unspecified atom stereocenters. The van der Waals surface area contributed by atoms with E-state index >= 15 is 0 Å². The number of alkyl carbamates (subject to hydrolysis) is 1. The quantitative estimate of drug-likeness (QED) is 0.739. The van der Waals surface area contributed by atoms with Gasteiger partial charge in [0.15, 0.2) is 0 Å².